The molecule has 1 heterocycles. The lowest BCUT2D eigenvalue weighted by atomic mass is 10.1. The van der Waals surface area contributed by atoms with Crippen molar-refractivity contribution < 1.29 is 4.42 Å². The molecule has 1 atom stereocenters. The van der Waals surface area contributed by atoms with Crippen molar-refractivity contribution in [2.75, 3.05) is 0 Å². The summed E-state index contributed by atoms with van der Waals surface area (Å²) in [5, 5.41) is 1.76. The minimum Gasteiger partial charge on any atom is -0.459 e. The zero-order chi connectivity index (χ0) is 14.3. The number of para-hydroxylation sites is 1. The minimum absolute atomic E-state index is 0.313. The fourth-order valence-electron chi connectivity index (χ4n) is 2.29. The Kier molecular flexibility index (Phi) is 3.75. The lowest BCUT2D eigenvalue weighted by molar-refractivity contribution is 0.523. The number of halogens is 2. The van der Waals surface area contributed by atoms with E-state index >= 15 is 0 Å². The molecule has 0 radical (unpaired) electrons. The number of nitrogens with two attached hydrogens (primary N) is 1. The third kappa shape index (κ3) is 2.45. The molecule has 0 bridgehead atoms. The van der Waals surface area contributed by atoms with Crippen LogP contribution in [0.25, 0.3) is 11.0 Å². The van der Waals surface area contributed by atoms with Crippen LogP contribution in [0.5, 0.6) is 0 Å². The van der Waals surface area contributed by atoms with Gasteiger partial charge in [0.2, 0.25) is 0 Å². The second-order valence-electron chi connectivity index (χ2n) is 4.79. The predicted octanol–water partition coefficient (Wildman–Crippen LogP) is 5.05. The van der Waals surface area contributed by atoms with Crippen molar-refractivity contribution in [3.8, 4) is 0 Å². The average Bonchev–Trinajstić information content (AvgIpc) is 2.86. The Hall–Kier alpha value is -1.04. The van der Waals surface area contributed by atoms with E-state index in [9.17, 15) is 0 Å². The minimum atomic E-state index is -0.313. The van der Waals surface area contributed by atoms with Gasteiger partial charge in [-0.2, -0.15) is 0 Å². The van der Waals surface area contributed by atoms with Crippen LogP contribution in [0.2, 0.25) is 5.02 Å². The van der Waals surface area contributed by atoms with Crippen molar-refractivity contribution in [3.63, 3.8) is 0 Å². The Bertz CT molecular complexity index is 781. The summed E-state index contributed by atoms with van der Waals surface area (Å²) in [7, 11) is 0. The van der Waals surface area contributed by atoms with Gasteiger partial charge in [0, 0.05) is 14.0 Å². The van der Waals surface area contributed by atoms with Gasteiger partial charge >= 0.3 is 0 Å². The summed E-state index contributed by atoms with van der Waals surface area (Å²) in [5.41, 5.74) is 9.33. The summed E-state index contributed by atoms with van der Waals surface area (Å²) in [5.74, 6) is 0.759. The predicted molar refractivity (Wildman–Crippen MR) is 91.2 cm³/mol. The van der Waals surface area contributed by atoms with E-state index < -0.39 is 0 Å². The summed E-state index contributed by atoms with van der Waals surface area (Å²) in [4.78, 5) is 0. The maximum absolute atomic E-state index is 6.34. The van der Waals surface area contributed by atoms with Crippen molar-refractivity contribution in [1.29, 1.82) is 0 Å². The molecule has 20 heavy (non-hydrogen) atoms. The largest absolute Gasteiger partial charge is 0.459 e. The van der Waals surface area contributed by atoms with E-state index in [1.165, 1.54) is 0 Å². The summed E-state index contributed by atoms with van der Waals surface area (Å²) >= 11 is 8.33. The van der Waals surface area contributed by atoms with Crippen molar-refractivity contribution in [2.45, 2.75) is 13.0 Å². The number of furan rings is 1. The lowest BCUT2D eigenvalue weighted by Gasteiger charge is -2.11. The van der Waals surface area contributed by atoms with E-state index in [1.807, 2.05) is 49.4 Å². The summed E-state index contributed by atoms with van der Waals surface area (Å²) in [6.07, 6.45) is 0. The molecule has 0 aliphatic rings. The zero-order valence-electron chi connectivity index (χ0n) is 10.9. The Labute approximate surface area is 136 Å². The first kappa shape index (κ1) is 13.9. The van der Waals surface area contributed by atoms with Crippen LogP contribution in [-0.2, 0) is 0 Å². The molecule has 1 aromatic heterocycles. The summed E-state index contributed by atoms with van der Waals surface area (Å²) < 4.78 is 7.02. The van der Waals surface area contributed by atoms with Crippen LogP contribution in [0.15, 0.2) is 46.9 Å². The molecule has 0 saturated carbocycles. The highest BCUT2D eigenvalue weighted by Gasteiger charge is 2.17. The number of aryl methyl sites for hydroxylation is 1. The molecular weight excluding hydrogens is 385 g/mol. The topological polar surface area (TPSA) is 39.2 Å². The fraction of sp³-hybridized carbons (Fsp3) is 0.125. The number of hydrogen-bond acceptors (Lipinski definition) is 2. The molecule has 0 amide bonds. The quantitative estimate of drug-likeness (QED) is 0.615. The van der Waals surface area contributed by atoms with E-state index in [4.69, 9.17) is 21.8 Å². The summed E-state index contributed by atoms with van der Waals surface area (Å²) in [6, 6.07) is 13.5. The first-order valence-electron chi connectivity index (χ1n) is 6.26. The number of hydrogen-bond donors (Lipinski definition) is 1. The fourth-order valence-corrected chi connectivity index (χ4v) is 3.14. The third-order valence-electron chi connectivity index (χ3n) is 3.36. The van der Waals surface area contributed by atoms with Gasteiger partial charge in [-0.1, -0.05) is 29.8 Å². The van der Waals surface area contributed by atoms with E-state index in [0.717, 1.165) is 31.4 Å². The number of rotatable bonds is 2. The third-order valence-corrected chi connectivity index (χ3v) is 4.58. The van der Waals surface area contributed by atoms with E-state index in [1.54, 1.807) is 0 Å². The standard InChI is InChI=1S/C16H13ClINO/c1-9-3-2-4-10-7-14(20-16(9)10)15(19)12-8-11(17)5-6-13(12)18/h2-8,15H,19H2,1H3. The van der Waals surface area contributed by atoms with Crippen molar-refractivity contribution in [2.24, 2.45) is 5.73 Å². The Balaban J connectivity index is 2.10. The normalized spacial score (nSPS) is 12.8. The highest BCUT2D eigenvalue weighted by Crippen LogP contribution is 2.31. The summed E-state index contributed by atoms with van der Waals surface area (Å²) in [6.45, 7) is 2.03. The second-order valence-corrected chi connectivity index (χ2v) is 6.38. The van der Waals surface area contributed by atoms with E-state index in [2.05, 4.69) is 22.6 Å². The van der Waals surface area contributed by atoms with Crippen molar-refractivity contribution >= 4 is 45.2 Å². The first-order chi connectivity index (χ1) is 9.56. The van der Waals surface area contributed by atoms with Crippen molar-refractivity contribution in [3.05, 3.63) is 67.9 Å². The maximum Gasteiger partial charge on any atom is 0.137 e. The van der Waals surface area contributed by atoms with Crippen molar-refractivity contribution in [1.82, 2.24) is 0 Å². The van der Waals surface area contributed by atoms with Crippen LogP contribution in [-0.4, -0.2) is 0 Å². The zero-order valence-corrected chi connectivity index (χ0v) is 13.8. The molecule has 4 heteroatoms. The highest BCUT2D eigenvalue weighted by atomic mass is 127. The molecule has 0 fully saturated rings. The van der Waals surface area contributed by atoms with E-state index in [-0.39, 0.29) is 6.04 Å². The SMILES string of the molecule is Cc1cccc2cc(C(N)c3cc(Cl)ccc3I)oc12. The van der Waals surface area contributed by atoms with Gasteiger partial charge < -0.3 is 10.2 Å². The Morgan fingerprint density at radius 1 is 1.20 bits per heavy atom. The second kappa shape index (κ2) is 5.39. The molecule has 0 aliphatic carbocycles. The van der Waals surface area contributed by atoms with Gasteiger partial charge in [-0.05, 0) is 64.9 Å². The molecule has 0 saturated heterocycles. The molecule has 102 valence electrons. The molecular formula is C16H13ClINO. The lowest BCUT2D eigenvalue weighted by Crippen LogP contribution is -2.12. The van der Waals surface area contributed by atoms with Crippen LogP contribution in [0.3, 0.4) is 0 Å². The monoisotopic (exact) mass is 397 g/mol. The number of fused-ring (bicyclic) bond motifs is 1. The highest BCUT2D eigenvalue weighted by molar-refractivity contribution is 14.1. The number of benzene rings is 2. The van der Waals surface area contributed by atoms with Gasteiger partial charge in [0.15, 0.2) is 0 Å². The molecule has 2 N–H and O–H groups in total. The molecule has 2 nitrogen and oxygen atoms in total. The van der Waals surface area contributed by atoms with Gasteiger partial charge in [-0.3, -0.25) is 0 Å². The molecule has 2 aromatic carbocycles. The van der Waals surface area contributed by atoms with Gasteiger partial charge in [-0.25, -0.2) is 0 Å². The Morgan fingerprint density at radius 2 is 2.00 bits per heavy atom. The van der Waals surface area contributed by atoms with Crippen LogP contribution in [0, 0.1) is 10.5 Å². The molecule has 3 aromatic rings. The van der Waals surface area contributed by atoms with E-state index in [0.29, 0.717) is 5.02 Å². The van der Waals surface area contributed by atoms with Gasteiger partial charge in [0.05, 0.1) is 6.04 Å². The van der Waals surface area contributed by atoms with Crippen LogP contribution in [0.1, 0.15) is 22.9 Å². The average molecular weight is 398 g/mol. The first-order valence-corrected chi connectivity index (χ1v) is 7.71. The van der Waals surface area contributed by atoms with Crippen LogP contribution in [0.4, 0.5) is 0 Å². The molecule has 0 aliphatic heterocycles. The molecule has 1 unspecified atom stereocenters. The van der Waals surface area contributed by atoms with Gasteiger partial charge in [0.1, 0.15) is 11.3 Å². The molecule has 3 rings (SSSR count). The smallest absolute Gasteiger partial charge is 0.137 e. The Morgan fingerprint density at radius 3 is 2.75 bits per heavy atom. The van der Waals surface area contributed by atoms with Crippen LogP contribution >= 0.6 is 34.2 Å². The van der Waals surface area contributed by atoms with Crippen LogP contribution < -0.4 is 5.73 Å². The van der Waals surface area contributed by atoms with Gasteiger partial charge in [-0.15, -0.1) is 0 Å². The maximum atomic E-state index is 6.34. The van der Waals surface area contributed by atoms with Gasteiger partial charge in [0.25, 0.3) is 0 Å². The molecule has 0 spiro atoms.